The lowest BCUT2D eigenvalue weighted by Crippen LogP contribution is -2.31. The number of nitrogens with one attached hydrogen (secondary N) is 3. The Balaban J connectivity index is 1.52. The Hall–Kier alpha value is -2.82. The van der Waals surface area contributed by atoms with Gasteiger partial charge in [0.25, 0.3) is 0 Å². The van der Waals surface area contributed by atoms with Crippen molar-refractivity contribution in [2.75, 3.05) is 16.0 Å². The zero-order valence-electron chi connectivity index (χ0n) is 13.6. The SMILES string of the molecule is C[C@H](Nc1ccc(NC(=O)C2CC2)cc1)C(=O)Nc1ccccc1. The number of rotatable bonds is 6. The minimum atomic E-state index is -0.378. The van der Waals surface area contributed by atoms with Crippen molar-refractivity contribution in [2.24, 2.45) is 5.92 Å². The maximum Gasteiger partial charge on any atom is 0.246 e. The predicted octanol–water partition coefficient (Wildman–Crippen LogP) is 3.47. The van der Waals surface area contributed by atoms with E-state index in [0.717, 1.165) is 29.9 Å². The molecule has 0 saturated heterocycles. The molecule has 124 valence electrons. The van der Waals surface area contributed by atoms with Crippen molar-refractivity contribution in [3.8, 4) is 0 Å². The Kier molecular flexibility index (Phi) is 4.79. The largest absolute Gasteiger partial charge is 0.374 e. The molecule has 0 heterocycles. The molecule has 1 atom stereocenters. The zero-order chi connectivity index (χ0) is 16.9. The summed E-state index contributed by atoms with van der Waals surface area (Å²) in [6.07, 6.45) is 1.97. The van der Waals surface area contributed by atoms with Crippen LogP contribution in [0.15, 0.2) is 54.6 Å². The van der Waals surface area contributed by atoms with Gasteiger partial charge >= 0.3 is 0 Å². The summed E-state index contributed by atoms with van der Waals surface area (Å²) in [6.45, 7) is 1.81. The van der Waals surface area contributed by atoms with Crippen LogP contribution in [0.1, 0.15) is 19.8 Å². The van der Waals surface area contributed by atoms with Gasteiger partial charge in [0, 0.05) is 23.0 Å². The minimum Gasteiger partial charge on any atom is -0.374 e. The molecule has 0 spiro atoms. The maximum absolute atomic E-state index is 12.2. The highest BCUT2D eigenvalue weighted by Gasteiger charge is 2.29. The molecule has 0 aliphatic heterocycles. The second kappa shape index (κ2) is 7.17. The van der Waals surface area contributed by atoms with Crippen molar-refractivity contribution in [2.45, 2.75) is 25.8 Å². The molecule has 3 rings (SSSR count). The summed E-state index contributed by atoms with van der Waals surface area (Å²) >= 11 is 0. The van der Waals surface area contributed by atoms with Crippen molar-refractivity contribution >= 4 is 28.9 Å². The highest BCUT2D eigenvalue weighted by molar-refractivity contribution is 5.96. The van der Waals surface area contributed by atoms with E-state index in [4.69, 9.17) is 0 Å². The van der Waals surface area contributed by atoms with Gasteiger partial charge in [0.2, 0.25) is 11.8 Å². The fourth-order valence-electron chi connectivity index (χ4n) is 2.33. The Morgan fingerprint density at radius 2 is 1.46 bits per heavy atom. The monoisotopic (exact) mass is 323 g/mol. The summed E-state index contributed by atoms with van der Waals surface area (Å²) in [5, 5.41) is 8.91. The van der Waals surface area contributed by atoms with Gasteiger partial charge in [0.05, 0.1) is 0 Å². The molecule has 0 aromatic heterocycles. The molecular formula is C19H21N3O2. The summed E-state index contributed by atoms with van der Waals surface area (Å²) < 4.78 is 0. The van der Waals surface area contributed by atoms with Gasteiger partial charge in [-0.2, -0.15) is 0 Å². The molecule has 1 aliphatic rings. The summed E-state index contributed by atoms with van der Waals surface area (Å²) in [4.78, 5) is 23.9. The first-order chi connectivity index (χ1) is 11.6. The molecule has 2 aromatic carbocycles. The lowest BCUT2D eigenvalue weighted by atomic mass is 10.2. The molecule has 1 aliphatic carbocycles. The van der Waals surface area contributed by atoms with E-state index >= 15 is 0 Å². The molecule has 1 saturated carbocycles. The second-order valence-corrected chi connectivity index (χ2v) is 6.06. The number of carbonyl (C=O) groups excluding carboxylic acids is 2. The van der Waals surface area contributed by atoms with E-state index in [1.54, 1.807) is 6.92 Å². The Morgan fingerprint density at radius 3 is 2.08 bits per heavy atom. The predicted molar refractivity (Wildman–Crippen MR) is 96.0 cm³/mol. The van der Waals surface area contributed by atoms with Gasteiger partial charge in [0.15, 0.2) is 0 Å². The summed E-state index contributed by atoms with van der Waals surface area (Å²) in [5.41, 5.74) is 2.38. The molecule has 0 unspecified atom stereocenters. The van der Waals surface area contributed by atoms with Crippen LogP contribution in [0.25, 0.3) is 0 Å². The number of benzene rings is 2. The quantitative estimate of drug-likeness (QED) is 0.762. The average Bonchev–Trinajstić information content (AvgIpc) is 3.42. The summed E-state index contributed by atoms with van der Waals surface area (Å²) in [6, 6.07) is 16.4. The van der Waals surface area contributed by atoms with Crippen LogP contribution in [0.5, 0.6) is 0 Å². The summed E-state index contributed by atoms with van der Waals surface area (Å²) in [5.74, 6) is 0.170. The molecular weight excluding hydrogens is 302 g/mol. The van der Waals surface area contributed by atoms with Crippen LogP contribution in [0.2, 0.25) is 0 Å². The van der Waals surface area contributed by atoms with Gasteiger partial charge in [-0.15, -0.1) is 0 Å². The first-order valence-corrected chi connectivity index (χ1v) is 8.15. The third kappa shape index (κ3) is 4.35. The van der Waals surface area contributed by atoms with E-state index in [9.17, 15) is 9.59 Å². The highest BCUT2D eigenvalue weighted by atomic mass is 16.2. The topological polar surface area (TPSA) is 70.2 Å². The third-order valence-electron chi connectivity index (χ3n) is 3.92. The standard InChI is InChI=1S/C19H21N3O2/c1-13(18(23)21-15-5-3-2-4-6-15)20-16-9-11-17(12-10-16)22-19(24)14-7-8-14/h2-6,9-14,20H,7-8H2,1H3,(H,21,23)(H,22,24)/t13-/m0/s1. The molecule has 5 heteroatoms. The molecule has 1 fully saturated rings. The molecule has 0 bridgehead atoms. The maximum atomic E-state index is 12.2. The molecule has 3 N–H and O–H groups in total. The fraction of sp³-hybridized carbons (Fsp3) is 0.263. The lowest BCUT2D eigenvalue weighted by molar-refractivity contribution is -0.117. The number of hydrogen-bond acceptors (Lipinski definition) is 3. The Morgan fingerprint density at radius 1 is 0.875 bits per heavy atom. The number of amides is 2. The lowest BCUT2D eigenvalue weighted by Gasteiger charge is -2.15. The van der Waals surface area contributed by atoms with Crippen LogP contribution in [0.4, 0.5) is 17.1 Å². The van der Waals surface area contributed by atoms with Crippen molar-refractivity contribution in [3.05, 3.63) is 54.6 Å². The number of carbonyl (C=O) groups is 2. The van der Waals surface area contributed by atoms with E-state index < -0.39 is 0 Å². The third-order valence-corrected chi connectivity index (χ3v) is 3.92. The van der Waals surface area contributed by atoms with Crippen molar-refractivity contribution < 1.29 is 9.59 Å². The van der Waals surface area contributed by atoms with Crippen molar-refractivity contribution in [1.29, 1.82) is 0 Å². The first-order valence-electron chi connectivity index (χ1n) is 8.15. The van der Waals surface area contributed by atoms with Gasteiger partial charge in [0.1, 0.15) is 6.04 Å². The smallest absolute Gasteiger partial charge is 0.246 e. The first kappa shape index (κ1) is 16.1. The minimum absolute atomic E-state index is 0.0892. The molecule has 24 heavy (non-hydrogen) atoms. The van der Waals surface area contributed by atoms with Crippen LogP contribution >= 0.6 is 0 Å². The van der Waals surface area contributed by atoms with Gasteiger partial charge in [-0.25, -0.2) is 0 Å². The highest BCUT2D eigenvalue weighted by Crippen LogP contribution is 2.30. The zero-order valence-corrected chi connectivity index (χ0v) is 13.6. The summed E-state index contributed by atoms with van der Waals surface area (Å²) in [7, 11) is 0. The van der Waals surface area contributed by atoms with Crippen LogP contribution in [-0.4, -0.2) is 17.9 Å². The number of anilines is 3. The molecule has 2 amide bonds. The van der Waals surface area contributed by atoms with Crippen LogP contribution in [0.3, 0.4) is 0 Å². The van der Waals surface area contributed by atoms with E-state index in [0.29, 0.717) is 0 Å². The van der Waals surface area contributed by atoms with Crippen LogP contribution in [-0.2, 0) is 9.59 Å². The Bertz CT molecular complexity index is 709. The van der Waals surface area contributed by atoms with Gasteiger partial charge < -0.3 is 16.0 Å². The fourth-order valence-corrected chi connectivity index (χ4v) is 2.33. The van der Waals surface area contributed by atoms with E-state index in [-0.39, 0.29) is 23.8 Å². The number of hydrogen-bond donors (Lipinski definition) is 3. The van der Waals surface area contributed by atoms with Crippen LogP contribution in [0, 0.1) is 5.92 Å². The Labute approximate surface area is 141 Å². The van der Waals surface area contributed by atoms with Crippen LogP contribution < -0.4 is 16.0 Å². The molecule has 2 aromatic rings. The van der Waals surface area contributed by atoms with Gasteiger partial charge in [-0.05, 0) is 56.2 Å². The van der Waals surface area contributed by atoms with Crippen molar-refractivity contribution in [3.63, 3.8) is 0 Å². The molecule has 5 nitrogen and oxygen atoms in total. The average molecular weight is 323 g/mol. The molecule has 0 radical (unpaired) electrons. The van der Waals surface area contributed by atoms with E-state index in [1.807, 2.05) is 54.6 Å². The van der Waals surface area contributed by atoms with Gasteiger partial charge in [-0.3, -0.25) is 9.59 Å². The van der Waals surface area contributed by atoms with Gasteiger partial charge in [-0.1, -0.05) is 18.2 Å². The second-order valence-electron chi connectivity index (χ2n) is 6.06. The normalized spacial score (nSPS) is 14.5. The van der Waals surface area contributed by atoms with Crippen molar-refractivity contribution in [1.82, 2.24) is 0 Å². The van der Waals surface area contributed by atoms with E-state index in [1.165, 1.54) is 0 Å². The van der Waals surface area contributed by atoms with E-state index in [2.05, 4.69) is 16.0 Å². The number of para-hydroxylation sites is 1.